The van der Waals surface area contributed by atoms with Gasteiger partial charge in [0, 0.05) is 11.3 Å². The Labute approximate surface area is 123 Å². The van der Waals surface area contributed by atoms with Gasteiger partial charge in [0.15, 0.2) is 0 Å². The smallest absolute Gasteiger partial charge is 0.123 e. The summed E-state index contributed by atoms with van der Waals surface area (Å²) in [4.78, 5) is 0. The van der Waals surface area contributed by atoms with E-state index >= 15 is 0 Å². The first-order valence-electron chi connectivity index (χ1n) is 6.91. The molecule has 0 bridgehead atoms. The van der Waals surface area contributed by atoms with Gasteiger partial charge < -0.3 is 5.73 Å². The van der Waals surface area contributed by atoms with Crippen LogP contribution in [-0.2, 0) is 6.42 Å². The van der Waals surface area contributed by atoms with Crippen LogP contribution in [0.3, 0.4) is 0 Å². The van der Waals surface area contributed by atoms with Crippen LogP contribution < -0.4 is 5.73 Å². The summed E-state index contributed by atoms with van der Waals surface area (Å²) >= 11 is 0. The number of hydrogen-bond acceptors (Lipinski definition) is 1. The van der Waals surface area contributed by atoms with Crippen LogP contribution in [0, 0.1) is 5.82 Å². The molecule has 21 heavy (non-hydrogen) atoms. The van der Waals surface area contributed by atoms with Gasteiger partial charge in [-0.1, -0.05) is 54.6 Å². The molecule has 0 spiro atoms. The topological polar surface area (TPSA) is 26.0 Å². The van der Waals surface area contributed by atoms with Crippen molar-refractivity contribution in [1.82, 2.24) is 0 Å². The highest BCUT2D eigenvalue weighted by molar-refractivity contribution is 5.78. The Bertz CT molecular complexity index is 751. The first-order chi connectivity index (χ1) is 10.2. The minimum absolute atomic E-state index is 0.223. The second kappa shape index (κ2) is 5.80. The number of halogens is 1. The standard InChI is InChI=1S/C19H16FN/c20-16-10-11-17(18-8-4-5-9-19(18)21)15(13-16)12-14-6-2-1-3-7-14/h1-11,13H,12,21H2. The summed E-state index contributed by atoms with van der Waals surface area (Å²) < 4.78 is 13.6. The number of para-hydroxylation sites is 1. The van der Waals surface area contributed by atoms with Crippen LogP contribution in [0.2, 0.25) is 0 Å². The van der Waals surface area contributed by atoms with Crippen LogP contribution in [-0.4, -0.2) is 0 Å². The van der Waals surface area contributed by atoms with Crippen molar-refractivity contribution in [3.8, 4) is 11.1 Å². The summed E-state index contributed by atoms with van der Waals surface area (Å²) in [7, 11) is 0. The summed E-state index contributed by atoms with van der Waals surface area (Å²) in [6, 6.07) is 22.6. The lowest BCUT2D eigenvalue weighted by Gasteiger charge is -2.12. The second-order valence-corrected chi connectivity index (χ2v) is 5.05. The molecule has 104 valence electrons. The van der Waals surface area contributed by atoms with Gasteiger partial charge in [0.05, 0.1) is 0 Å². The van der Waals surface area contributed by atoms with E-state index in [9.17, 15) is 4.39 Å². The lowest BCUT2D eigenvalue weighted by molar-refractivity contribution is 0.626. The molecule has 0 unspecified atom stereocenters. The highest BCUT2D eigenvalue weighted by Gasteiger charge is 2.09. The van der Waals surface area contributed by atoms with Crippen molar-refractivity contribution < 1.29 is 4.39 Å². The molecule has 0 saturated carbocycles. The van der Waals surface area contributed by atoms with Gasteiger partial charge in [-0.25, -0.2) is 4.39 Å². The molecule has 2 N–H and O–H groups in total. The Morgan fingerprint density at radius 1 is 0.762 bits per heavy atom. The third-order valence-electron chi connectivity index (χ3n) is 3.56. The molecular formula is C19H16FN. The minimum atomic E-state index is -0.223. The number of anilines is 1. The van der Waals surface area contributed by atoms with Crippen molar-refractivity contribution in [3.63, 3.8) is 0 Å². The molecule has 2 heteroatoms. The molecule has 3 rings (SSSR count). The third-order valence-corrected chi connectivity index (χ3v) is 3.56. The van der Waals surface area contributed by atoms with Crippen molar-refractivity contribution in [2.24, 2.45) is 0 Å². The highest BCUT2D eigenvalue weighted by atomic mass is 19.1. The van der Waals surface area contributed by atoms with Gasteiger partial charge >= 0.3 is 0 Å². The van der Waals surface area contributed by atoms with E-state index < -0.39 is 0 Å². The second-order valence-electron chi connectivity index (χ2n) is 5.05. The van der Waals surface area contributed by atoms with E-state index in [1.54, 1.807) is 12.1 Å². The number of rotatable bonds is 3. The van der Waals surface area contributed by atoms with Crippen molar-refractivity contribution in [1.29, 1.82) is 0 Å². The normalized spacial score (nSPS) is 10.5. The Morgan fingerprint density at radius 3 is 2.24 bits per heavy atom. The van der Waals surface area contributed by atoms with E-state index in [1.165, 1.54) is 6.07 Å². The van der Waals surface area contributed by atoms with Crippen molar-refractivity contribution in [3.05, 3.63) is 89.7 Å². The largest absolute Gasteiger partial charge is 0.398 e. The molecule has 0 fully saturated rings. The van der Waals surface area contributed by atoms with E-state index in [0.717, 1.165) is 22.3 Å². The number of benzene rings is 3. The van der Waals surface area contributed by atoms with Crippen molar-refractivity contribution >= 4 is 5.69 Å². The fourth-order valence-corrected chi connectivity index (χ4v) is 2.53. The summed E-state index contributed by atoms with van der Waals surface area (Å²) in [5.74, 6) is -0.223. The van der Waals surface area contributed by atoms with Crippen LogP contribution in [0.1, 0.15) is 11.1 Å². The van der Waals surface area contributed by atoms with Crippen LogP contribution in [0.4, 0.5) is 10.1 Å². The Morgan fingerprint density at radius 2 is 1.48 bits per heavy atom. The maximum atomic E-state index is 13.6. The molecular weight excluding hydrogens is 261 g/mol. The molecule has 0 heterocycles. The average molecular weight is 277 g/mol. The molecule has 0 radical (unpaired) electrons. The summed E-state index contributed by atoms with van der Waals surface area (Å²) in [6.07, 6.45) is 0.683. The quantitative estimate of drug-likeness (QED) is 0.692. The Hall–Kier alpha value is -2.61. The molecule has 0 amide bonds. The van der Waals surface area contributed by atoms with Gasteiger partial charge in [0.25, 0.3) is 0 Å². The molecule has 0 atom stereocenters. The molecule has 0 saturated heterocycles. The lowest BCUT2D eigenvalue weighted by atomic mass is 9.94. The highest BCUT2D eigenvalue weighted by Crippen LogP contribution is 2.30. The molecule has 0 aliphatic carbocycles. The van der Waals surface area contributed by atoms with Gasteiger partial charge in [0.2, 0.25) is 0 Å². The average Bonchev–Trinajstić information content (AvgIpc) is 2.50. The van der Waals surface area contributed by atoms with E-state index in [4.69, 9.17) is 5.73 Å². The zero-order chi connectivity index (χ0) is 14.7. The fourth-order valence-electron chi connectivity index (χ4n) is 2.53. The van der Waals surface area contributed by atoms with Gasteiger partial charge in [-0.2, -0.15) is 0 Å². The van der Waals surface area contributed by atoms with Crippen LogP contribution in [0.5, 0.6) is 0 Å². The predicted molar refractivity (Wildman–Crippen MR) is 85.5 cm³/mol. The molecule has 0 aromatic heterocycles. The van der Waals surface area contributed by atoms with E-state index in [1.807, 2.05) is 54.6 Å². The maximum Gasteiger partial charge on any atom is 0.123 e. The summed E-state index contributed by atoms with van der Waals surface area (Å²) in [6.45, 7) is 0. The molecule has 1 nitrogen and oxygen atoms in total. The number of hydrogen-bond donors (Lipinski definition) is 1. The monoisotopic (exact) mass is 277 g/mol. The lowest BCUT2D eigenvalue weighted by Crippen LogP contribution is -1.96. The van der Waals surface area contributed by atoms with Crippen LogP contribution >= 0.6 is 0 Å². The molecule has 0 aliphatic rings. The van der Waals surface area contributed by atoms with Gasteiger partial charge in [0.1, 0.15) is 5.82 Å². The Kier molecular flexibility index (Phi) is 3.69. The number of nitrogens with two attached hydrogens (primary N) is 1. The zero-order valence-electron chi connectivity index (χ0n) is 11.6. The number of nitrogen functional groups attached to an aromatic ring is 1. The van der Waals surface area contributed by atoms with Gasteiger partial charge in [-0.15, -0.1) is 0 Å². The van der Waals surface area contributed by atoms with Crippen LogP contribution in [0.15, 0.2) is 72.8 Å². The molecule has 3 aromatic carbocycles. The fraction of sp³-hybridized carbons (Fsp3) is 0.0526. The molecule has 0 aliphatic heterocycles. The van der Waals surface area contributed by atoms with Crippen molar-refractivity contribution in [2.45, 2.75) is 6.42 Å². The maximum absolute atomic E-state index is 13.6. The third kappa shape index (κ3) is 2.95. The SMILES string of the molecule is Nc1ccccc1-c1ccc(F)cc1Cc1ccccc1. The van der Waals surface area contributed by atoms with Gasteiger partial charge in [-0.3, -0.25) is 0 Å². The summed E-state index contributed by atoms with van der Waals surface area (Å²) in [5, 5.41) is 0. The predicted octanol–water partition coefficient (Wildman–Crippen LogP) is 4.67. The summed E-state index contributed by atoms with van der Waals surface area (Å²) in [5.41, 5.74) is 10.8. The van der Waals surface area contributed by atoms with Gasteiger partial charge in [-0.05, 0) is 41.3 Å². The van der Waals surface area contributed by atoms with E-state index in [-0.39, 0.29) is 5.82 Å². The van der Waals surface area contributed by atoms with Crippen LogP contribution in [0.25, 0.3) is 11.1 Å². The van der Waals surface area contributed by atoms with E-state index in [0.29, 0.717) is 12.1 Å². The molecule has 3 aromatic rings. The minimum Gasteiger partial charge on any atom is -0.398 e. The van der Waals surface area contributed by atoms with Crippen molar-refractivity contribution in [2.75, 3.05) is 5.73 Å². The first-order valence-corrected chi connectivity index (χ1v) is 6.91. The Balaban J connectivity index is 2.08. The first kappa shape index (κ1) is 13.4. The van der Waals surface area contributed by atoms with E-state index in [2.05, 4.69) is 0 Å². The zero-order valence-corrected chi connectivity index (χ0v) is 11.6.